The van der Waals surface area contributed by atoms with Gasteiger partial charge in [0, 0.05) is 12.3 Å². The summed E-state index contributed by atoms with van der Waals surface area (Å²) in [5, 5.41) is 10.4. The molecule has 7 nitrogen and oxygen atoms in total. The number of nitrogens with zero attached hydrogens (tertiary/aromatic N) is 2. The Morgan fingerprint density at radius 1 is 1.31 bits per heavy atom. The second-order valence-electron chi connectivity index (χ2n) is 5.32. The standard InChI is InChI=1S/C18H15ClN2O5/c1-3-26-18(24)12-9-21(10-4-6-14(25-2)13(22)8-10)17-11(16(12)23)5-7-15(19)20-17/h4-9,22H,3H2,1-2H3. The van der Waals surface area contributed by atoms with Gasteiger partial charge in [0.1, 0.15) is 16.4 Å². The van der Waals surface area contributed by atoms with Gasteiger partial charge in [-0.1, -0.05) is 11.6 Å². The van der Waals surface area contributed by atoms with Crippen molar-refractivity contribution in [1.29, 1.82) is 0 Å². The van der Waals surface area contributed by atoms with E-state index in [0.717, 1.165) is 0 Å². The Bertz CT molecular complexity index is 1060. The van der Waals surface area contributed by atoms with Crippen LogP contribution in [0.1, 0.15) is 17.3 Å². The minimum absolute atomic E-state index is 0.100. The largest absolute Gasteiger partial charge is 0.504 e. The molecule has 134 valence electrons. The number of ether oxygens (including phenoxy) is 2. The van der Waals surface area contributed by atoms with Crippen LogP contribution in [0.5, 0.6) is 11.5 Å². The van der Waals surface area contributed by atoms with Gasteiger partial charge >= 0.3 is 5.97 Å². The fraction of sp³-hybridized carbons (Fsp3) is 0.167. The van der Waals surface area contributed by atoms with E-state index < -0.39 is 11.4 Å². The fourth-order valence-electron chi connectivity index (χ4n) is 2.56. The minimum Gasteiger partial charge on any atom is -0.504 e. The van der Waals surface area contributed by atoms with Crippen molar-refractivity contribution in [3.05, 3.63) is 57.5 Å². The third-order valence-electron chi connectivity index (χ3n) is 3.75. The topological polar surface area (TPSA) is 90.7 Å². The summed E-state index contributed by atoms with van der Waals surface area (Å²) in [6.45, 7) is 1.79. The molecule has 26 heavy (non-hydrogen) atoms. The molecule has 3 rings (SSSR count). The molecular formula is C18H15ClN2O5. The van der Waals surface area contributed by atoms with Gasteiger partial charge in [-0.3, -0.25) is 4.79 Å². The van der Waals surface area contributed by atoms with E-state index in [1.807, 2.05) is 0 Å². The van der Waals surface area contributed by atoms with Gasteiger partial charge in [0.15, 0.2) is 11.5 Å². The average Bonchev–Trinajstić information content (AvgIpc) is 2.62. The molecule has 0 saturated carbocycles. The van der Waals surface area contributed by atoms with Gasteiger partial charge in [-0.2, -0.15) is 0 Å². The van der Waals surface area contributed by atoms with Crippen LogP contribution >= 0.6 is 11.6 Å². The van der Waals surface area contributed by atoms with Crippen LogP contribution in [-0.4, -0.2) is 34.3 Å². The van der Waals surface area contributed by atoms with E-state index in [9.17, 15) is 14.7 Å². The summed E-state index contributed by atoms with van der Waals surface area (Å²) in [5.74, 6) is -0.548. The maximum atomic E-state index is 12.6. The number of aromatic nitrogens is 2. The zero-order valence-corrected chi connectivity index (χ0v) is 14.8. The quantitative estimate of drug-likeness (QED) is 0.557. The molecule has 0 spiro atoms. The van der Waals surface area contributed by atoms with E-state index in [-0.39, 0.29) is 39.9 Å². The molecule has 0 aliphatic heterocycles. The monoisotopic (exact) mass is 374 g/mol. The molecule has 0 aliphatic carbocycles. The SMILES string of the molecule is CCOC(=O)c1cn(-c2ccc(OC)c(O)c2)c2nc(Cl)ccc2c1=O. The van der Waals surface area contributed by atoms with Gasteiger partial charge in [0.05, 0.1) is 24.8 Å². The summed E-state index contributed by atoms with van der Waals surface area (Å²) >= 11 is 5.97. The van der Waals surface area contributed by atoms with Crippen LogP contribution in [-0.2, 0) is 4.74 Å². The number of hydrogen-bond donors (Lipinski definition) is 1. The van der Waals surface area contributed by atoms with Crippen LogP contribution in [0.2, 0.25) is 5.15 Å². The highest BCUT2D eigenvalue weighted by molar-refractivity contribution is 6.29. The maximum Gasteiger partial charge on any atom is 0.343 e. The predicted octanol–water partition coefficient (Wildman–Crippen LogP) is 2.93. The van der Waals surface area contributed by atoms with Crippen molar-refractivity contribution >= 4 is 28.6 Å². The number of phenolic OH excluding ortho intramolecular Hbond substituents is 1. The van der Waals surface area contributed by atoms with Crippen molar-refractivity contribution in [3.63, 3.8) is 0 Å². The van der Waals surface area contributed by atoms with E-state index >= 15 is 0 Å². The van der Waals surface area contributed by atoms with Crippen LogP contribution in [0.15, 0.2) is 41.3 Å². The first-order chi connectivity index (χ1) is 12.5. The number of aromatic hydroxyl groups is 1. The van der Waals surface area contributed by atoms with Crippen molar-refractivity contribution in [2.75, 3.05) is 13.7 Å². The Morgan fingerprint density at radius 2 is 2.08 bits per heavy atom. The second kappa shape index (κ2) is 7.05. The molecule has 0 fully saturated rings. The summed E-state index contributed by atoms with van der Waals surface area (Å²) in [6.07, 6.45) is 1.33. The third kappa shape index (κ3) is 3.09. The molecule has 1 aromatic carbocycles. The number of esters is 1. The molecule has 0 radical (unpaired) electrons. The lowest BCUT2D eigenvalue weighted by Gasteiger charge is -2.14. The normalized spacial score (nSPS) is 10.7. The highest BCUT2D eigenvalue weighted by Gasteiger charge is 2.18. The molecule has 0 amide bonds. The Hall–Kier alpha value is -3.06. The molecule has 1 N–H and O–H groups in total. The first-order valence-corrected chi connectivity index (χ1v) is 8.10. The number of hydrogen-bond acceptors (Lipinski definition) is 6. The number of benzene rings is 1. The van der Waals surface area contributed by atoms with Crippen molar-refractivity contribution in [1.82, 2.24) is 9.55 Å². The molecular weight excluding hydrogens is 360 g/mol. The van der Waals surface area contributed by atoms with E-state index in [0.29, 0.717) is 5.69 Å². The Balaban J connectivity index is 2.34. The molecule has 2 aromatic heterocycles. The molecule has 0 bridgehead atoms. The molecule has 0 atom stereocenters. The Kier molecular flexibility index (Phi) is 4.81. The molecule has 8 heteroatoms. The van der Waals surface area contributed by atoms with Crippen LogP contribution < -0.4 is 10.2 Å². The summed E-state index contributed by atoms with van der Waals surface area (Å²) in [7, 11) is 1.43. The van der Waals surface area contributed by atoms with Gasteiger partial charge in [-0.05, 0) is 31.2 Å². The Labute approximate surface area is 153 Å². The number of pyridine rings is 2. The van der Waals surface area contributed by atoms with Crippen molar-refractivity contribution < 1.29 is 19.4 Å². The number of carbonyl (C=O) groups excluding carboxylic acids is 1. The summed E-state index contributed by atoms with van der Waals surface area (Å²) < 4.78 is 11.5. The molecule has 0 unspecified atom stereocenters. The smallest absolute Gasteiger partial charge is 0.343 e. The maximum absolute atomic E-state index is 12.6. The summed E-state index contributed by atoms with van der Waals surface area (Å²) in [4.78, 5) is 29.0. The van der Waals surface area contributed by atoms with Gasteiger partial charge in [-0.15, -0.1) is 0 Å². The zero-order valence-electron chi connectivity index (χ0n) is 14.0. The highest BCUT2D eigenvalue weighted by Crippen LogP contribution is 2.29. The molecule has 0 aliphatic rings. The molecule has 2 heterocycles. The second-order valence-corrected chi connectivity index (χ2v) is 5.71. The van der Waals surface area contributed by atoms with E-state index in [4.69, 9.17) is 21.1 Å². The number of phenols is 1. The molecule has 0 saturated heterocycles. The lowest BCUT2D eigenvalue weighted by atomic mass is 10.1. The van der Waals surface area contributed by atoms with E-state index in [1.54, 1.807) is 19.1 Å². The predicted molar refractivity (Wildman–Crippen MR) is 96.5 cm³/mol. The third-order valence-corrected chi connectivity index (χ3v) is 3.96. The first-order valence-electron chi connectivity index (χ1n) is 7.72. The lowest BCUT2D eigenvalue weighted by molar-refractivity contribution is 0.0524. The number of fused-ring (bicyclic) bond motifs is 1. The number of methoxy groups -OCH3 is 1. The van der Waals surface area contributed by atoms with Gasteiger partial charge in [0.25, 0.3) is 0 Å². The van der Waals surface area contributed by atoms with Crippen LogP contribution in [0, 0.1) is 0 Å². The van der Waals surface area contributed by atoms with E-state index in [2.05, 4.69) is 4.98 Å². The number of rotatable bonds is 4. The minimum atomic E-state index is -0.735. The molecule has 3 aromatic rings. The van der Waals surface area contributed by atoms with Gasteiger partial charge in [0.2, 0.25) is 5.43 Å². The van der Waals surface area contributed by atoms with Crippen molar-refractivity contribution in [2.24, 2.45) is 0 Å². The fourth-order valence-corrected chi connectivity index (χ4v) is 2.70. The van der Waals surface area contributed by atoms with Crippen LogP contribution in [0.3, 0.4) is 0 Å². The van der Waals surface area contributed by atoms with Gasteiger partial charge < -0.3 is 19.1 Å². The Morgan fingerprint density at radius 3 is 2.73 bits per heavy atom. The summed E-state index contributed by atoms with van der Waals surface area (Å²) in [6, 6.07) is 7.61. The average molecular weight is 375 g/mol. The highest BCUT2D eigenvalue weighted by atomic mass is 35.5. The van der Waals surface area contributed by atoms with Crippen LogP contribution in [0.4, 0.5) is 0 Å². The number of halogens is 1. The van der Waals surface area contributed by atoms with Gasteiger partial charge in [-0.25, -0.2) is 9.78 Å². The zero-order chi connectivity index (χ0) is 18.8. The summed E-state index contributed by atoms with van der Waals surface area (Å²) in [5.41, 5.74) is 0.0733. The number of carbonyl (C=O) groups is 1. The van der Waals surface area contributed by atoms with Crippen molar-refractivity contribution in [2.45, 2.75) is 6.92 Å². The van der Waals surface area contributed by atoms with Crippen molar-refractivity contribution in [3.8, 4) is 17.2 Å². The first kappa shape index (κ1) is 17.8. The van der Waals surface area contributed by atoms with Crippen LogP contribution in [0.25, 0.3) is 16.7 Å². The van der Waals surface area contributed by atoms with E-state index in [1.165, 1.54) is 36.1 Å². The lowest BCUT2D eigenvalue weighted by Crippen LogP contribution is -2.21.